The predicted octanol–water partition coefficient (Wildman–Crippen LogP) is -0.153. The quantitative estimate of drug-likeness (QED) is 0.670. The minimum Gasteiger partial charge on any atom is -0.507 e. The average Bonchev–Trinajstić information content (AvgIpc) is 2.38. The number of benzene rings is 1. The van der Waals surface area contributed by atoms with Crippen LogP contribution in [0.15, 0.2) is 23.1 Å². The summed E-state index contributed by atoms with van der Waals surface area (Å²) in [6.45, 7) is 1.68. The molecule has 0 heterocycles. The number of phenols is 1. The summed E-state index contributed by atoms with van der Waals surface area (Å²) in [6.07, 6.45) is 0. The van der Waals surface area contributed by atoms with Crippen molar-refractivity contribution in [3.05, 3.63) is 23.8 Å². The molecule has 1 amide bonds. The Hall–Kier alpha value is -2.13. The standard InChI is InChI=1S/C12H16N2O6S/c1-3-13-11(16)7-14(2)21(19,20)8-4-5-10(15)9(6-8)12(17)18/h4-6,15H,3,7H2,1-2H3,(H,13,16)(H,17,18). The summed E-state index contributed by atoms with van der Waals surface area (Å²) < 4.78 is 25.3. The number of likely N-dealkylation sites (N-methyl/N-ethyl adjacent to an activating group) is 2. The number of carbonyl (C=O) groups is 2. The van der Waals surface area contributed by atoms with Gasteiger partial charge in [0.1, 0.15) is 11.3 Å². The molecule has 116 valence electrons. The van der Waals surface area contributed by atoms with Crippen LogP contribution < -0.4 is 5.32 Å². The Kier molecular flexibility index (Phi) is 5.28. The number of nitrogens with one attached hydrogen (secondary N) is 1. The van der Waals surface area contributed by atoms with Crippen molar-refractivity contribution in [3.63, 3.8) is 0 Å². The molecular weight excluding hydrogens is 300 g/mol. The lowest BCUT2D eigenvalue weighted by Crippen LogP contribution is -2.38. The van der Waals surface area contributed by atoms with Gasteiger partial charge in [-0.05, 0) is 25.1 Å². The zero-order chi connectivity index (χ0) is 16.2. The third-order valence-corrected chi connectivity index (χ3v) is 4.45. The molecule has 0 aliphatic carbocycles. The van der Waals surface area contributed by atoms with Crippen LogP contribution in [0.2, 0.25) is 0 Å². The molecule has 0 aromatic heterocycles. The van der Waals surface area contributed by atoms with Crippen molar-refractivity contribution in [2.75, 3.05) is 20.1 Å². The van der Waals surface area contributed by atoms with Crippen molar-refractivity contribution >= 4 is 21.9 Å². The first-order chi connectivity index (χ1) is 9.70. The SMILES string of the molecule is CCNC(=O)CN(C)S(=O)(=O)c1ccc(O)c(C(=O)O)c1. The van der Waals surface area contributed by atoms with E-state index >= 15 is 0 Å². The van der Waals surface area contributed by atoms with Crippen LogP contribution in [-0.2, 0) is 14.8 Å². The molecule has 8 nitrogen and oxygen atoms in total. The van der Waals surface area contributed by atoms with E-state index < -0.39 is 33.2 Å². The number of carboxylic acid groups (broad SMARTS) is 1. The number of aromatic hydroxyl groups is 1. The Bertz CT molecular complexity index is 656. The fourth-order valence-electron chi connectivity index (χ4n) is 1.57. The van der Waals surface area contributed by atoms with Crippen LogP contribution in [0.3, 0.4) is 0 Å². The molecule has 0 saturated carbocycles. The lowest BCUT2D eigenvalue weighted by molar-refractivity contribution is -0.121. The van der Waals surface area contributed by atoms with Gasteiger partial charge in [0, 0.05) is 13.6 Å². The smallest absolute Gasteiger partial charge is 0.339 e. The predicted molar refractivity (Wildman–Crippen MR) is 73.6 cm³/mol. The highest BCUT2D eigenvalue weighted by Gasteiger charge is 2.24. The average molecular weight is 316 g/mol. The number of aromatic carboxylic acids is 1. The van der Waals surface area contributed by atoms with Crippen LogP contribution >= 0.6 is 0 Å². The molecule has 21 heavy (non-hydrogen) atoms. The Labute approximate surface area is 122 Å². The lowest BCUT2D eigenvalue weighted by Gasteiger charge is -2.17. The maximum atomic E-state index is 12.2. The van der Waals surface area contributed by atoms with Gasteiger partial charge in [-0.25, -0.2) is 13.2 Å². The summed E-state index contributed by atoms with van der Waals surface area (Å²) in [5.74, 6) is -2.45. The number of nitrogens with zero attached hydrogens (tertiary/aromatic N) is 1. The van der Waals surface area contributed by atoms with E-state index in [2.05, 4.69) is 5.32 Å². The van der Waals surface area contributed by atoms with Gasteiger partial charge in [-0.15, -0.1) is 0 Å². The lowest BCUT2D eigenvalue weighted by atomic mass is 10.2. The Morgan fingerprint density at radius 1 is 1.33 bits per heavy atom. The first-order valence-corrected chi connectivity index (χ1v) is 7.43. The number of hydrogen-bond acceptors (Lipinski definition) is 5. The normalized spacial score (nSPS) is 11.4. The molecule has 0 atom stereocenters. The van der Waals surface area contributed by atoms with E-state index in [0.29, 0.717) is 6.54 Å². The maximum absolute atomic E-state index is 12.2. The summed E-state index contributed by atoms with van der Waals surface area (Å²) in [6, 6.07) is 2.91. The number of hydrogen-bond donors (Lipinski definition) is 3. The van der Waals surface area contributed by atoms with Gasteiger partial charge in [0.25, 0.3) is 0 Å². The molecule has 0 unspecified atom stereocenters. The molecular formula is C12H16N2O6S. The zero-order valence-electron chi connectivity index (χ0n) is 11.5. The van der Waals surface area contributed by atoms with Crippen LogP contribution in [0.5, 0.6) is 5.75 Å². The molecule has 1 rings (SSSR count). The van der Waals surface area contributed by atoms with Crippen molar-refractivity contribution in [2.45, 2.75) is 11.8 Å². The van der Waals surface area contributed by atoms with Gasteiger partial charge in [-0.1, -0.05) is 0 Å². The van der Waals surface area contributed by atoms with E-state index in [-0.39, 0.29) is 11.4 Å². The van der Waals surface area contributed by atoms with Crippen molar-refractivity contribution in [3.8, 4) is 5.75 Å². The van der Waals surface area contributed by atoms with Crippen molar-refractivity contribution < 1.29 is 28.2 Å². The Morgan fingerprint density at radius 3 is 2.48 bits per heavy atom. The number of sulfonamides is 1. The van der Waals surface area contributed by atoms with Crippen molar-refractivity contribution in [1.29, 1.82) is 0 Å². The molecule has 1 aromatic carbocycles. The second-order valence-electron chi connectivity index (χ2n) is 4.20. The van der Waals surface area contributed by atoms with Crippen molar-refractivity contribution in [1.82, 2.24) is 9.62 Å². The second-order valence-corrected chi connectivity index (χ2v) is 6.24. The molecule has 9 heteroatoms. The minimum atomic E-state index is -4.03. The van der Waals surface area contributed by atoms with Gasteiger partial charge in [-0.3, -0.25) is 4.79 Å². The molecule has 0 radical (unpaired) electrons. The zero-order valence-corrected chi connectivity index (χ0v) is 12.3. The van der Waals surface area contributed by atoms with Gasteiger partial charge in [-0.2, -0.15) is 4.31 Å². The van der Waals surface area contributed by atoms with Gasteiger partial charge in [0.05, 0.1) is 11.4 Å². The molecule has 3 N–H and O–H groups in total. The first kappa shape index (κ1) is 16.9. The molecule has 0 aliphatic rings. The first-order valence-electron chi connectivity index (χ1n) is 5.99. The summed E-state index contributed by atoms with van der Waals surface area (Å²) in [5, 5.41) is 20.7. The highest BCUT2D eigenvalue weighted by Crippen LogP contribution is 2.23. The van der Waals surface area contributed by atoms with Crippen LogP contribution in [0.1, 0.15) is 17.3 Å². The van der Waals surface area contributed by atoms with Gasteiger partial charge in [0.15, 0.2) is 0 Å². The molecule has 1 aromatic rings. The number of carboxylic acids is 1. The van der Waals surface area contributed by atoms with Gasteiger partial charge in [0.2, 0.25) is 15.9 Å². The minimum absolute atomic E-state index is 0.315. The second kappa shape index (κ2) is 6.55. The summed E-state index contributed by atoms with van der Waals surface area (Å²) in [7, 11) is -2.82. The van der Waals surface area contributed by atoms with Crippen LogP contribution in [-0.4, -0.2) is 54.9 Å². The fraction of sp³-hybridized carbons (Fsp3) is 0.333. The summed E-state index contributed by atoms with van der Waals surface area (Å²) >= 11 is 0. The van der Waals surface area contributed by atoms with Crippen LogP contribution in [0.25, 0.3) is 0 Å². The monoisotopic (exact) mass is 316 g/mol. The Balaban J connectivity index is 3.10. The molecule has 0 spiro atoms. The highest BCUT2D eigenvalue weighted by molar-refractivity contribution is 7.89. The van der Waals surface area contributed by atoms with E-state index in [0.717, 1.165) is 22.5 Å². The van der Waals surface area contributed by atoms with E-state index in [1.807, 2.05) is 0 Å². The van der Waals surface area contributed by atoms with E-state index in [1.165, 1.54) is 7.05 Å². The van der Waals surface area contributed by atoms with E-state index in [9.17, 15) is 23.1 Å². The van der Waals surface area contributed by atoms with Crippen LogP contribution in [0, 0.1) is 0 Å². The number of carbonyl (C=O) groups excluding carboxylic acids is 1. The molecule has 0 saturated heterocycles. The van der Waals surface area contributed by atoms with Crippen LogP contribution in [0.4, 0.5) is 0 Å². The number of rotatable bonds is 6. The largest absolute Gasteiger partial charge is 0.507 e. The Morgan fingerprint density at radius 2 is 1.95 bits per heavy atom. The van der Waals surface area contributed by atoms with Crippen molar-refractivity contribution in [2.24, 2.45) is 0 Å². The third kappa shape index (κ3) is 3.92. The topological polar surface area (TPSA) is 124 Å². The number of amides is 1. The van der Waals surface area contributed by atoms with Gasteiger partial charge < -0.3 is 15.5 Å². The molecule has 0 aliphatic heterocycles. The van der Waals surface area contributed by atoms with Gasteiger partial charge >= 0.3 is 5.97 Å². The summed E-state index contributed by atoms with van der Waals surface area (Å²) in [4.78, 5) is 22.0. The molecule has 0 bridgehead atoms. The fourth-order valence-corrected chi connectivity index (χ4v) is 2.72. The molecule has 0 fully saturated rings. The maximum Gasteiger partial charge on any atom is 0.339 e. The highest BCUT2D eigenvalue weighted by atomic mass is 32.2. The summed E-state index contributed by atoms with van der Waals surface area (Å²) in [5.41, 5.74) is -0.525. The van der Waals surface area contributed by atoms with E-state index in [1.54, 1.807) is 6.92 Å². The third-order valence-electron chi connectivity index (χ3n) is 2.65. The van der Waals surface area contributed by atoms with E-state index in [4.69, 9.17) is 5.11 Å².